The van der Waals surface area contributed by atoms with E-state index in [-0.39, 0.29) is 47.9 Å². The molecule has 0 aromatic rings. The summed E-state index contributed by atoms with van der Waals surface area (Å²) in [5, 5.41) is 7.59. The van der Waals surface area contributed by atoms with Crippen molar-refractivity contribution in [2.75, 3.05) is 14.2 Å². The summed E-state index contributed by atoms with van der Waals surface area (Å²) in [7, 11) is 3.63. The highest BCUT2D eigenvalue weighted by molar-refractivity contribution is 5.77. The standard InChI is InChI=1S/C21H35N3O4/c1-13-7-5-9-20(27-13)11-15-17(25-3)18(26-4)16-12-21(10-6-8-14(2)28-21)23-19(22-20)24(15)16/h13-18H,5-12H2,1-4H3,(H,22,23)/p+1/t13-,14-,15-,16-,17-,18-,20+,21+/m0/s1. The van der Waals surface area contributed by atoms with Gasteiger partial charge in [0.1, 0.15) is 24.3 Å². The Bertz CT molecular complexity index is 606. The second kappa shape index (κ2) is 6.83. The van der Waals surface area contributed by atoms with E-state index in [9.17, 15) is 0 Å². The molecule has 0 aromatic carbocycles. The van der Waals surface area contributed by atoms with Crippen LogP contribution in [0.4, 0.5) is 0 Å². The van der Waals surface area contributed by atoms with Gasteiger partial charge in [0.15, 0.2) is 11.4 Å². The lowest BCUT2D eigenvalue weighted by molar-refractivity contribution is -0.609. The Morgan fingerprint density at radius 1 is 0.857 bits per heavy atom. The van der Waals surface area contributed by atoms with Crippen LogP contribution in [-0.2, 0) is 18.9 Å². The molecule has 5 heterocycles. The van der Waals surface area contributed by atoms with E-state index in [0.29, 0.717) is 0 Å². The molecule has 7 heteroatoms. The minimum absolute atomic E-state index is 0.0303. The average Bonchev–Trinajstić information content (AvgIpc) is 2.93. The van der Waals surface area contributed by atoms with Gasteiger partial charge < -0.3 is 18.9 Å². The zero-order valence-electron chi connectivity index (χ0n) is 17.7. The molecule has 7 nitrogen and oxygen atoms in total. The van der Waals surface area contributed by atoms with Crippen molar-refractivity contribution in [1.29, 1.82) is 0 Å². The predicted octanol–water partition coefficient (Wildman–Crippen LogP) is 1.69. The summed E-state index contributed by atoms with van der Waals surface area (Å²) in [6.07, 6.45) is 9.11. The van der Waals surface area contributed by atoms with E-state index in [4.69, 9.17) is 18.9 Å². The highest BCUT2D eigenvalue weighted by atomic mass is 16.5. The smallest absolute Gasteiger partial charge is 0.351 e. The van der Waals surface area contributed by atoms with Crippen LogP contribution in [0.1, 0.15) is 65.2 Å². The Hall–Kier alpha value is -0.890. The highest BCUT2D eigenvalue weighted by Crippen LogP contribution is 2.44. The van der Waals surface area contributed by atoms with Crippen molar-refractivity contribution in [2.45, 2.75) is 113 Å². The molecule has 158 valence electrons. The van der Waals surface area contributed by atoms with E-state index in [1.54, 1.807) is 0 Å². The summed E-state index contributed by atoms with van der Waals surface area (Å²) in [4.78, 5) is 0. The van der Waals surface area contributed by atoms with Gasteiger partial charge >= 0.3 is 5.96 Å². The van der Waals surface area contributed by atoms with E-state index in [1.165, 1.54) is 12.8 Å². The molecule has 0 bridgehead atoms. The molecule has 3 fully saturated rings. The summed E-state index contributed by atoms with van der Waals surface area (Å²) < 4.78 is 27.6. The van der Waals surface area contributed by atoms with E-state index >= 15 is 0 Å². The maximum Gasteiger partial charge on any atom is 0.351 e. The summed E-state index contributed by atoms with van der Waals surface area (Å²) >= 11 is 0. The molecule has 0 amide bonds. The van der Waals surface area contributed by atoms with E-state index in [1.807, 2.05) is 14.2 Å². The first kappa shape index (κ1) is 19.1. The third kappa shape index (κ3) is 2.89. The summed E-state index contributed by atoms with van der Waals surface area (Å²) in [5.74, 6) is 1.05. The van der Waals surface area contributed by atoms with E-state index in [0.717, 1.165) is 44.5 Å². The molecule has 0 unspecified atom stereocenters. The normalized spacial score (nSPS) is 50.4. The SMILES string of the molecule is CO[C@@H]1[C@@H](OC)[C@@H]2C[C@]3(CCC[C@H](C)O3)NC3=[N+]2[C@H]1C[C@]1(CCC[C@H](C)O1)N3. The Balaban J connectivity index is 1.54. The van der Waals surface area contributed by atoms with Crippen molar-refractivity contribution in [2.24, 2.45) is 0 Å². The first-order valence-electron chi connectivity index (χ1n) is 11.1. The Labute approximate surface area is 168 Å². The fourth-order valence-corrected chi connectivity index (χ4v) is 6.55. The Kier molecular flexibility index (Phi) is 4.66. The lowest BCUT2D eigenvalue weighted by atomic mass is 9.89. The second-order valence-electron chi connectivity index (χ2n) is 9.58. The second-order valence-corrected chi connectivity index (χ2v) is 9.58. The van der Waals surface area contributed by atoms with Gasteiger partial charge in [-0.15, -0.1) is 0 Å². The molecule has 0 radical (unpaired) electrons. The number of ether oxygens (including phenoxy) is 4. The molecule has 5 aliphatic heterocycles. The lowest BCUT2D eigenvalue weighted by Crippen LogP contribution is -2.73. The molecule has 28 heavy (non-hydrogen) atoms. The van der Waals surface area contributed by atoms with Gasteiger partial charge in [-0.25, -0.2) is 10.6 Å². The van der Waals surface area contributed by atoms with E-state index < -0.39 is 0 Å². The van der Waals surface area contributed by atoms with Crippen LogP contribution in [0, 0.1) is 0 Å². The van der Waals surface area contributed by atoms with Gasteiger partial charge in [0.05, 0.1) is 12.2 Å². The predicted molar refractivity (Wildman–Crippen MR) is 104 cm³/mol. The molecule has 0 aliphatic carbocycles. The van der Waals surface area contributed by atoms with Crippen LogP contribution in [0.25, 0.3) is 0 Å². The number of rotatable bonds is 2. The number of hydrogen-bond acceptors (Lipinski definition) is 6. The van der Waals surface area contributed by atoms with Crippen LogP contribution in [0.2, 0.25) is 0 Å². The Morgan fingerprint density at radius 2 is 1.32 bits per heavy atom. The van der Waals surface area contributed by atoms with Crippen molar-refractivity contribution >= 4 is 5.96 Å². The van der Waals surface area contributed by atoms with Crippen LogP contribution in [0.15, 0.2) is 0 Å². The topological polar surface area (TPSA) is 64.0 Å². The summed E-state index contributed by atoms with van der Waals surface area (Å²) in [6.45, 7) is 4.37. The van der Waals surface area contributed by atoms with Crippen molar-refractivity contribution in [3.63, 3.8) is 0 Å². The van der Waals surface area contributed by atoms with Crippen molar-refractivity contribution in [3.8, 4) is 0 Å². The minimum atomic E-state index is -0.329. The fraction of sp³-hybridized carbons (Fsp3) is 0.952. The van der Waals surface area contributed by atoms with Gasteiger partial charge in [-0.1, -0.05) is 0 Å². The van der Waals surface area contributed by atoms with Crippen LogP contribution in [-0.4, -0.2) is 72.7 Å². The zero-order valence-corrected chi connectivity index (χ0v) is 17.7. The molecule has 5 rings (SSSR count). The van der Waals surface area contributed by atoms with Gasteiger partial charge in [-0.05, 0) is 39.5 Å². The van der Waals surface area contributed by atoms with Gasteiger partial charge in [0.25, 0.3) is 0 Å². The van der Waals surface area contributed by atoms with Gasteiger partial charge in [0.2, 0.25) is 0 Å². The van der Waals surface area contributed by atoms with Gasteiger partial charge in [0, 0.05) is 39.9 Å². The fourth-order valence-electron chi connectivity index (χ4n) is 6.55. The highest BCUT2D eigenvalue weighted by Gasteiger charge is 2.64. The largest absolute Gasteiger partial charge is 0.375 e. The lowest BCUT2D eigenvalue weighted by Gasteiger charge is -2.48. The third-order valence-electron chi connectivity index (χ3n) is 7.61. The van der Waals surface area contributed by atoms with Crippen molar-refractivity contribution in [1.82, 2.24) is 10.6 Å². The van der Waals surface area contributed by atoms with Crippen LogP contribution in [0.5, 0.6) is 0 Å². The van der Waals surface area contributed by atoms with Gasteiger partial charge in [-0.2, -0.15) is 0 Å². The number of nitrogens with zero attached hydrogens (tertiary/aromatic N) is 1. The number of nitrogens with one attached hydrogen (secondary N) is 2. The van der Waals surface area contributed by atoms with Crippen molar-refractivity contribution in [3.05, 3.63) is 0 Å². The van der Waals surface area contributed by atoms with Crippen molar-refractivity contribution < 1.29 is 23.5 Å². The monoisotopic (exact) mass is 394 g/mol. The summed E-state index contributed by atoms with van der Waals surface area (Å²) in [5.41, 5.74) is -0.659. The molecule has 2 spiro atoms. The number of methoxy groups -OCH3 is 2. The zero-order chi connectivity index (χ0) is 19.5. The Morgan fingerprint density at radius 3 is 1.71 bits per heavy atom. The third-order valence-corrected chi connectivity index (χ3v) is 7.61. The quantitative estimate of drug-likeness (QED) is 0.695. The molecule has 0 aromatic heterocycles. The maximum absolute atomic E-state index is 6.54. The van der Waals surface area contributed by atoms with Crippen LogP contribution in [0.3, 0.4) is 0 Å². The number of hydrogen-bond donors (Lipinski definition) is 2. The minimum Gasteiger partial charge on any atom is -0.375 e. The first-order chi connectivity index (χ1) is 13.5. The molecule has 3 saturated heterocycles. The molecular weight excluding hydrogens is 358 g/mol. The molecule has 8 atom stereocenters. The van der Waals surface area contributed by atoms with Gasteiger partial charge in [-0.3, -0.25) is 4.58 Å². The molecular formula is C21H36N3O4+. The number of guanidine groups is 1. The maximum atomic E-state index is 6.54. The van der Waals surface area contributed by atoms with E-state index in [2.05, 4.69) is 29.1 Å². The summed E-state index contributed by atoms with van der Waals surface area (Å²) in [6, 6.07) is 0.486. The molecule has 0 saturated carbocycles. The first-order valence-corrected chi connectivity index (χ1v) is 11.1. The average molecular weight is 395 g/mol. The molecule has 5 aliphatic rings. The van der Waals surface area contributed by atoms with Crippen LogP contribution < -0.4 is 10.6 Å². The van der Waals surface area contributed by atoms with Crippen LogP contribution >= 0.6 is 0 Å². The molecule has 2 N–H and O–H groups in total.